The molecule has 2 unspecified atom stereocenters. The summed E-state index contributed by atoms with van der Waals surface area (Å²) in [6.07, 6.45) is 1.66. The smallest absolute Gasteiger partial charge is 0.284 e. The van der Waals surface area contributed by atoms with Gasteiger partial charge in [0.05, 0.1) is 12.3 Å². The number of alkyl halides is 2. The van der Waals surface area contributed by atoms with Gasteiger partial charge in [-0.15, -0.1) is 0 Å². The Morgan fingerprint density at radius 1 is 1.44 bits per heavy atom. The molecule has 7 heteroatoms. The van der Waals surface area contributed by atoms with Gasteiger partial charge in [-0.2, -0.15) is 8.78 Å². The van der Waals surface area contributed by atoms with Crippen LogP contribution >= 0.6 is 11.8 Å². The zero-order valence-electron chi connectivity index (χ0n) is 10.3. The van der Waals surface area contributed by atoms with Crippen LogP contribution in [0.4, 0.5) is 8.78 Å². The average Bonchev–Trinajstić information content (AvgIpc) is 2.70. The van der Waals surface area contributed by atoms with Gasteiger partial charge in [-0.25, -0.2) is 0 Å². The monoisotopic (exact) mass is 297 g/mol. The first-order valence-corrected chi connectivity index (χ1v) is 8.25. The summed E-state index contributed by atoms with van der Waals surface area (Å²) in [5, 5.41) is 3.17. The largest absolute Gasteiger partial charge is 0.464 e. The zero-order valence-corrected chi connectivity index (χ0v) is 12.0. The minimum atomic E-state index is -2.38. The van der Waals surface area contributed by atoms with E-state index in [0.717, 1.165) is 0 Å². The lowest BCUT2D eigenvalue weighted by atomic mass is 10.3. The van der Waals surface area contributed by atoms with Crippen molar-refractivity contribution in [2.45, 2.75) is 31.0 Å². The predicted molar refractivity (Wildman–Crippen MR) is 71.2 cm³/mol. The van der Waals surface area contributed by atoms with E-state index >= 15 is 0 Å². The Morgan fingerprint density at radius 2 is 2.11 bits per heavy atom. The number of hydrogen-bond donors (Lipinski definition) is 1. The van der Waals surface area contributed by atoms with Crippen molar-refractivity contribution in [3.63, 3.8) is 0 Å². The molecule has 1 heterocycles. The van der Waals surface area contributed by atoms with Gasteiger partial charge < -0.3 is 9.73 Å². The lowest BCUT2D eigenvalue weighted by Gasteiger charge is -2.10. The second kappa shape index (κ2) is 7.91. The molecular weight excluding hydrogens is 280 g/mol. The summed E-state index contributed by atoms with van der Waals surface area (Å²) in [5.74, 6) is -0.380. The van der Waals surface area contributed by atoms with Crippen LogP contribution < -0.4 is 5.32 Å². The fourth-order valence-corrected chi connectivity index (χ4v) is 2.69. The van der Waals surface area contributed by atoms with Crippen molar-refractivity contribution in [2.75, 3.05) is 12.0 Å². The summed E-state index contributed by atoms with van der Waals surface area (Å²) >= 11 is 0.543. The van der Waals surface area contributed by atoms with E-state index in [0.29, 0.717) is 35.6 Å². The van der Waals surface area contributed by atoms with Gasteiger partial charge in [0, 0.05) is 28.9 Å². The molecule has 104 valence electrons. The Bertz CT molecular complexity index is 385. The SMILES string of the molecule is CC(CS(C)=O)NCc1ccc(CSC(F)F)o1. The number of rotatable bonds is 8. The Hall–Kier alpha value is -0.400. The molecule has 3 nitrogen and oxygen atoms in total. The predicted octanol–water partition coefficient (Wildman–Crippen LogP) is 2.59. The third-order valence-corrected chi connectivity index (χ3v) is 3.85. The topological polar surface area (TPSA) is 42.2 Å². The van der Waals surface area contributed by atoms with E-state index in [4.69, 9.17) is 4.42 Å². The molecule has 1 aromatic heterocycles. The minimum Gasteiger partial charge on any atom is -0.464 e. The molecule has 0 saturated carbocycles. The molecule has 0 aromatic carbocycles. The van der Waals surface area contributed by atoms with Gasteiger partial charge in [-0.1, -0.05) is 11.8 Å². The Morgan fingerprint density at radius 3 is 2.72 bits per heavy atom. The van der Waals surface area contributed by atoms with Crippen LogP contribution in [0.2, 0.25) is 0 Å². The maximum Gasteiger partial charge on any atom is 0.284 e. The minimum absolute atomic E-state index is 0.125. The van der Waals surface area contributed by atoms with E-state index in [2.05, 4.69) is 5.32 Å². The molecule has 0 amide bonds. The second-order valence-electron chi connectivity index (χ2n) is 3.96. The molecule has 18 heavy (non-hydrogen) atoms. The first kappa shape index (κ1) is 15.7. The van der Waals surface area contributed by atoms with Crippen molar-refractivity contribution in [1.82, 2.24) is 5.32 Å². The van der Waals surface area contributed by atoms with Crippen molar-refractivity contribution in [3.05, 3.63) is 23.7 Å². The number of halogens is 2. The molecule has 0 aliphatic heterocycles. The summed E-state index contributed by atoms with van der Waals surface area (Å²) in [6, 6.07) is 3.60. The zero-order chi connectivity index (χ0) is 13.5. The Kier molecular flexibility index (Phi) is 6.88. The van der Waals surface area contributed by atoms with Crippen molar-refractivity contribution in [1.29, 1.82) is 0 Å². The average molecular weight is 297 g/mol. The van der Waals surface area contributed by atoms with E-state index in [1.807, 2.05) is 6.92 Å². The van der Waals surface area contributed by atoms with E-state index in [1.54, 1.807) is 18.4 Å². The highest BCUT2D eigenvalue weighted by Gasteiger charge is 2.08. The Balaban J connectivity index is 2.32. The van der Waals surface area contributed by atoms with Crippen molar-refractivity contribution >= 4 is 22.6 Å². The number of thioether (sulfide) groups is 1. The van der Waals surface area contributed by atoms with Gasteiger partial charge in [-0.05, 0) is 19.1 Å². The van der Waals surface area contributed by atoms with Crippen LogP contribution in [0.15, 0.2) is 16.5 Å². The summed E-state index contributed by atoms with van der Waals surface area (Å²) in [4.78, 5) is 0. The van der Waals surface area contributed by atoms with Gasteiger partial charge in [-0.3, -0.25) is 4.21 Å². The van der Waals surface area contributed by atoms with E-state index in [1.165, 1.54) is 0 Å². The lowest BCUT2D eigenvalue weighted by Crippen LogP contribution is -2.30. The molecule has 0 aliphatic rings. The van der Waals surface area contributed by atoms with Crippen LogP contribution in [0, 0.1) is 0 Å². The highest BCUT2D eigenvalue weighted by Crippen LogP contribution is 2.21. The summed E-state index contributed by atoms with van der Waals surface area (Å²) in [6.45, 7) is 2.45. The maximum atomic E-state index is 12.0. The van der Waals surface area contributed by atoms with E-state index in [-0.39, 0.29) is 11.8 Å². The Labute approximate surface area is 112 Å². The van der Waals surface area contributed by atoms with Crippen LogP contribution in [0.5, 0.6) is 0 Å². The molecule has 1 N–H and O–H groups in total. The summed E-state index contributed by atoms with van der Waals surface area (Å²) < 4.78 is 40.4. The van der Waals surface area contributed by atoms with Gasteiger partial charge in [0.1, 0.15) is 11.5 Å². The van der Waals surface area contributed by atoms with Gasteiger partial charge in [0.2, 0.25) is 0 Å². The normalized spacial score (nSPS) is 14.9. The fraction of sp³-hybridized carbons (Fsp3) is 0.636. The third-order valence-electron chi connectivity index (χ3n) is 2.18. The van der Waals surface area contributed by atoms with Gasteiger partial charge >= 0.3 is 0 Å². The van der Waals surface area contributed by atoms with Crippen molar-refractivity contribution < 1.29 is 17.4 Å². The molecule has 0 aliphatic carbocycles. The molecular formula is C11H17F2NO2S2. The van der Waals surface area contributed by atoms with Crippen LogP contribution in [0.25, 0.3) is 0 Å². The lowest BCUT2D eigenvalue weighted by molar-refractivity contribution is 0.251. The summed E-state index contributed by atoms with van der Waals surface area (Å²) in [5.41, 5.74) is 0. The number of nitrogens with one attached hydrogen (secondary N) is 1. The highest BCUT2D eigenvalue weighted by atomic mass is 32.2. The quantitative estimate of drug-likeness (QED) is 0.801. The molecule has 0 bridgehead atoms. The van der Waals surface area contributed by atoms with Gasteiger partial charge in [0.15, 0.2) is 0 Å². The van der Waals surface area contributed by atoms with Crippen molar-refractivity contribution in [2.24, 2.45) is 0 Å². The number of furan rings is 1. The fourth-order valence-electron chi connectivity index (χ4n) is 1.43. The van der Waals surface area contributed by atoms with Crippen LogP contribution in [-0.4, -0.2) is 28.0 Å². The molecule has 0 spiro atoms. The maximum absolute atomic E-state index is 12.0. The van der Waals surface area contributed by atoms with E-state index < -0.39 is 16.6 Å². The van der Waals surface area contributed by atoms with Crippen LogP contribution in [-0.2, 0) is 23.1 Å². The first-order chi connectivity index (χ1) is 8.47. The third kappa shape index (κ3) is 6.51. The molecule has 1 aromatic rings. The molecule has 0 saturated heterocycles. The van der Waals surface area contributed by atoms with Crippen LogP contribution in [0.1, 0.15) is 18.4 Å². The molecule has 2 atom stereocenters. The molecule has 0 fully saturated rings. The standard InChI is InChI=1S/C11H17F2NO2S2/c1-8(7-18(2)15)14-5-9-3-4-10(16-9)6-17-11(12)13/h3-4,8,11,14H,5-7H2,1-2H3. The van der Waals surface area contributed by atoms with Crippen LogP contribution in [0.3, 0.4) is 0 Å². The molecule has 1 rings (SSSR count). The summed E-state index contributed by atoms with van der Waals surface area (Å²) in [7, 11) is -0.836. The van der Waals surface area contributed by atoms with Gasteiger partial charge in [0.25, 0.3) is 5.76 Å². The first-order valence-electron chi connectivity index (χ1n) is 5.48. The van der Waals surface area contributed by atoms with Crippen molar-refractivity contribution in [3.8, 4) is 0 Å². The molecule has 0 radical (unpaired) electrons. The van der Waals surface area contributed by atoms with E-state index in [9.17, 15) is 13.0 Å². The second-order valence-corrected chi connectivity index (χ2v) is 6.42. The number of hydrogen-bond acceptors (Lipinski definition) is 4. The highest BCUT2D eigenvalue weighted by molar-refractivity contribution is 7.98.